The molecule has 0 bridgehead atoms. The molecular formula is C12H10F2N4O3. The molecule has 9 heteroatoms. The molecule has 0 aromatic heterocycles. The van der Waals surface area contributed by atoms with Crippen LogP contribution in [0.1, 0.15) is 6.42 Å². The van der Waals surface area contributed by atoms with Crippen molar-refractivity contribution in [3.05, 3.63) is 57.6 Å². The Morgan fingerprint density at radius 2 is 1.90 bits per heavy atom. The topological polar surface area (TPSA) is 117 Å². The molecule has 1 aromatic carbocycles. The van der Waals surface area contributed by atoms with Gasteiger partial charge >= 0.3 is 0 Å². The molecule has 0 fully saturated rings. The summed E-state index contributed by atoms with van der Waals surface area (Å²) in [4.78, 5) is 13.9. The van der Waals surface area contributed by atoms with Crippen molar-refractivity contribution in [3.8, 4) is 5.75 Å². The number of aliphatic imine (C=N–C) groups is 1. The molecule has 0 aliphatic carbocycles. The molecule has 0 atom stereocenters. The summed E-state index contributed by atoms with van der Waals surface area (Å²) in [5.41, 5.74) is 10.1. The second-order valence-electron chi connectivity index (χ2n) is 4.10. The second kappa shape index (κ2) is 5.57. The third-order valence-corrected chi connectivity index (χ3v) is 2.55. The molecule has 110 valence electrons. The summed E-state index contributed by atoms with van der Waals surface area (Å²) in [6, 6.07) is 1.69. The average Bonchev–Trinajstić information content (AvgIpc) is 2.55. The Labute approximate surface area is 117 Å². The van der Waals surface area contributed by atoms with Gasteiger partial charge in [-0.25, -0.2) is 13.8 Å². The molecule has 2 rings (SSSR count). The fourth-order valence-corrected chi connectivity index (χ4v) is 1.64. The minimum absolute atomic E-state index is 0.0187. The Hall–Kier alpha value is -2.97. The first-order valence-electron chi connectivity index (χ1n) is 5.67. The van der Waals surface area contributed by atoms with Crippen LogP contribution in [0.4, 0.5) is 14.5 Å². The lowest BCUT2D eigenvalue weighted by molar-refractivity contribution is -0.428. The van der Waals surface area contributed by atoms with Gasteiger partial charge in [-0.3, -0.25) is 10.1 Å². The number of halogens is 2. The van der Waals surface area contributed by atoms with Gasteiger partial charge in [0.2, 0.25) is 5.76 Å². The van der Waals surface area contributed by atoms with Crippen molar-refractivity contribution < 1.29 is 18.4 Å². The van der Waals surface area contributed by atoms with Crippen LogP contribution in [0, 0.1) is 21.7 Å². The molecule has 0 unspecified atom stereocenters. The first-order valence-corrected chi connectivity index (χ1v) is 5.67. The summed E-state index contributed by atoms with van der Waals surface area (Å²) >= 11 is 0. The third-order valence-electron chi connectivity index (χ3n) is 2.55. The number of nitrogen functional groups attached to an aromatic ring is 1. The molecule has 1 heterocycles. The molecule has 21 heavy (non-hydrogen) atoms. The van der Waals surface area contributed by atoms with Crippen molar-refractivity contribution in [1.82, 2.24) is 0 Å². The van der Waals surface area contributed by atoms with Crippen LogP contribution in [0.5, 0.6) is 5.75 Å². The normalized spacial score (nSPS) is 14.7. The highest BCUT2D eigenvalue weighted by Gasteiger charge is 2.24. The van der Waals surface area contributed by atoms with Gasteiger partial charge in [-0.1, -0.05) is 0 Å². The Bertz CT molecular complexity index is 675. The van der Waals surface area contributed by atoms with Crippen LogP contribution in [0.25, 0.3) is 0 Å². The maximum absolute atomic E-state index is 13.7. The monoisotopic (exact) mass is 296 g/mol. The van der Waals surface area contributed by atoms with Crippen molar-refractivity contribution in [2.45, 2.75) is 6.42 Å². The highest BCUT2D eigenvalue weighted by Crippen LogP contribution is 2.28. The zero-order chi connectivity index (χ0) is 15.6. The van der Waals surface area contributed by atoms with E-state index in [2.05, 4.69) is 4.99 Å². The summed E-state index contributed by atoms with van der Waals surface area (Å²) in [5.74, 6) is -3.31. The molecule has 7 nitrogen and oxygen atoms in total. The van der Waals surface area contributed by atoms with Crippen molar-refractivity contribution >= 4 is 11.5 Å². The molecule has 0 spiro atoms. The zero-order valence-electron chi connectivity index (χ0n) is 10.5. The number of hydrogen-bond acceptors (Lipinski definition) is 6. The maximum Gasteiger partial charge on any atom is 0.295 e. The summed E-state index contributed by atoms with van der Waals surface area (Å²) in [5, 5.41) is 11.0. The molecule has 4 N–H and O–H groups in total. The Morgan fingerprint density at radius 1 is 1.29 bits per heavy atom. The zero-order valence-corrected chi connectivity index (χ0v) is 10.5. The number of nitro groups is 1. The molecule has 0 amide bonds. The predicted molar refractivity (Wildman–Crippen MR) is 70.8 cm³/mol. The van der Waals surface area contributed by atoms with Crippen LogP contribution in [-0.4, -0.2) is 10.8 Å². The van der Waals surface area contributed by atoms with E-state index in [0.29, 0.717) is 0 Å². The van der Waals surface area contributed by atoms with Crippen LogP contribution in [0.3, 0.4) is 0 Å². The van der Waals surface area contributed by atoms with Gasteiger partial charge in [0.15, 0.2) is 17.4 Å². The van der Waals surface area contributed by atoms with Gasteiger partial charge in [0.25, 0.3) is 5.70 Å². The minimum atomic E-state index is -1.07. The lowest BCUT2D eigenvalue weighted by Gasteiger charge is -2.09. The Kier molecular flexibility index (Phi) is 3.83. The van der Waals surface area contributed by atoms with E-state index in [1.807, 2.05) is 0 Å². The van der Waals surface area contributed by atoms with Crippen LogP contribution >= 0.6 is 0 Å². The number of hydrogen-bond donors (Lipinski definition) is 2. The predicted octanol–water partition coefficient (Wildman–Crippen LogP) is 1.69. The number of rotatable bonds is 3. The first kappa shape index (κ1) is 14.4. The van der Waals surface area contributed by atoms with E-state index in [4.69, 9.17) is 16.2 Å². The van der Waals surface area contributed by atoms with E-state index in [1.54, 1.807) is 0 Å². The summed E-state index contributed by atoms with van der Waals surface area (Å²) < 4.78 is 32.3. The van der Waals surface area contributed by atoms with E-state index in [-0.39, 0.29) is 23.7 Å². The van der Waals surface area contributed by atoms with Crippen LogP contribution < -0.4 is 16.2 Å². The smallest absolute Gasteiger partial charge is 0.295 e. The lowest BCUT2D eigenvalue weighted by atomic mass is 10.2. The number of anilines is 1. The molecule has 1 aliphatic heterocycles. The Morgan fingerprint density at radius 3 is 2.48 bits per heavy atom. The number of allylic oxidation sites excluding steroid dienone is 1. The summed E-state index contributed by atoms with van der Waals surface area (Å²) in [7, 11) is 0. The van der Waals surface area contributed by atoms with Crippen LogP contribution in [0.2, 0.25) is 0 Å². The largest absolute Gasteiger partial charge is 0.444 e. The molecule has 1 aromatic rings. The van der Waals surface area contributed by atoms with Crippen molar-refractivity contribution in [3.63, 3.8) is 0 Å². The van der Waals surface area contributed by atoms with E-state index >= 15 is 0 Å². The van der Waals surface area contributed by atoms with Gasteiger partial charge in [0.05, 0.1) is 4.92 Å². The molecule has 0 saturated heterocycles. The average molecular weight is 296 g/mol. The molecule has 0 radical (unpaired) electrons. The second-order valence-corrected chi connectivity index (χ2v) is 4.10. The van der Waals surface area contributed by atoms with Crippen molar-refractivity contribution in [1.29, 1.82) is 0 Å². The van der Waals surface area contributed by atoms with Gasteiger partial charge in [0, 0.05) is 30.1 Å². The van der Waals surface area contributed by atoms with Gasteiger partial charge in [-0.2, -0.15) is 0 Å². The highest BCUT2D eigenvalue weighted by molar-refractivity contribution is 5.83. The summed E-state index contributed by atoms with van der Waals surface area (Å²) in [6.07, 6.45) is 1.94. The number of nitrogens with zero attached hydrogens (tertiary/aromatic N) is 2. The maximum atomic E-state index is 13.7. The summed E-state index contributed by atoms with van der Waals surface area (Å²) in [6.45, 7) is 0. The van der Waals surface area contributed by atoms with Gasteiger partial charge in [-0.15, -0.1) is 0 Å². The van der Waals surface area contributed by atoms with Crippen molar-refractivity contribution in [2.75, 3.05) is 5.73 Å². The standard InChI is InChI=1S/C12H10F2N4O3/c13-7-3-6(15)4-8(14)12(7)21-10-1-2-17-11(16)5-9(10)18(19)20/h1-4H,5,15H2,(H2,16,17). The lowest BCUT2D eigenvalue weighted by Crippen LogP contribution is -2.16. The number of nitrogens with two attached hydrogens (primary N) is 2. The van der Waals surface area contributed by atoms with E-state index in [0.717, 1.165) is 24.4 Å². The van der Waals surface area contributed by atoms with Crippen LogP contribution in [-0.2, 0) is 0 Å². The highest BCUT2D eigenvalue weighted by atomic mass is 19.1. The minimum Gasteiger partial charge on any atom is -0.444 e. The van der Waals surface area contributed by atoms with E-state index < -0.39 is 28.0 Å². The quantitative estimate of drug-likeness (QED) is 0.500. The van der Waals surface area contributed by atoms with Crippen LogP contribution in [0.15, 0.2) is 40.9 Å². The number of amidine groups is 1. The van der Waals surface area contributed by atoms with Crippen molar-refractivity contribution in [2.24, 2.45) is 10.7 Å². The SMILES string of the molecule is NC1=NC=CC(Oc2c(F)cc(N)cc2F)=C([N+](=O)[O-])C1. The van der Waals surface area contributed by atoms with Gasteiger partial charge < -0.3 is 16.2 Å². The third kappa shape index (κ3) is 3.14. The fraction of sp³-hybridized carbons (Fsp3) is 0.0833. The van der Waals surface area contributed by atoms with Gasteiger partial charge in [-0.05, 0) is 0 Å². The van der Waals surface area contributed by atoms with Gasteiger partial charge in [0.1, 0.15) is 12.3 Å². The first-order chi connectivity index (χ1) is 9.88. The van der Waals surface area contributed by atoms with E-state index in [9.17, 15) is 18.9 Å². The molecule has 0 saturated carbocycles. The molecule has 1 aliphatic rings. The van der Waals surface area contributed by atoms with E-state index in [1.165, 1.54) is 0 Å². The number of benzene rings is 1. The Balaban J connectivity index is 2.46. The number of ether oxygens (including phenoxy) is 1. The fourth-order valence-electron chi connectivity index (χ4n) is 1.64. The molecular weight excluding hydrogens is 286 g/mol.